The molecule has 1 aromatic heterocycles. The minimum absolute atomic E-state index is 0.127. The van der Waals surface area contributed by atoms with Crippen molar-refractivity contribution in [2.45, 2.75) is 24.9 Å². The number of carbonyl (C=O) groups excluding carboxylic acids is 2. The zero-order valence-corrected chi connectivity index (χ0v) is 16.8. The van der Waals surface area contributed by atoms with Gasteiger partial charge in [0.2, 0.25) is 0 Å². The van der Waals surface area contributed by atoms with Gasteiger partial charge in [0.1, 0.15) is 12.2 Å². The van der Waals surface area contributed by atoms with Crippen LogP contribution >= 0.6 is 19.5 Å². The Bertz CT molecular complexity index is 733. The quantitative estimate of drug-likeness (QED) is 0.169. The van der Waals surface area contributed by atoms with E-state index in [1.807, 2.05) is 0 Å². The molecule has 12 nitrogen and oxygen atoms in total. The molecule has 0 aliphatic rings. The molecule has 0 aromatic carbocycles. The molecule has 0 spiro atoms. The van der Waals surface area contributed by atoms with E-state index in [1.165, 1.54) is 0 Å². The van der Waals surface area contributed by atoms with Crippen LogP contribution in [0.15, 0.2) is 6.20 Å². The Balaban J connectivity index is 2.81. The Kier molecular flexibility index (Phi) is 9.17. The molecule has 3 unspecified atom stereocenters. The number of halogens is 1. The average Bonchev–Trinajstić information content (AvgIpc) is 3.02. The highest BCUT2D eigenvalue weighted by atomic mass is 32.2. The minimum atomic E-state index is -4.03. The second-order valence-electron chi connectivity index (χ2n) is 5.58. The first kappa shape index (κ1) is 24.7. The van der Waals surface area contributed by atoms with Gasteiger partial charge in [-0.25, -0.2) is 19.1 Å². The third kappa shape index (κ3) is 6.60. The summed E-state index contributed by atoms with van der Waals surface area (Å²) in [6, 6.07) is 0. The number of aromatic nitrogens is 2. The van der Waals surface area contributed by atoms with E-state index in [4.69, 9.17) is 25.0 Å². The van der Waals surface area contributed by atoms with Gasteiger partial charge in [0.25, 0.3) is 5.91 Å². The Labute approximate surface area is 163 Å². The van der Waals surface area contributed by atoms with Crippen LogP contribution in [0.2, 0.25) is 0 Å². The molecule has 1 amide bonds. The topological polar surface area (TPSA) is 189 Å². The van der Waals surface area contributed by atoms with E-state index in [-0.39, 0.29) is 12.4 Å². The Hall–Kier alpha value is -1.38. The number of hydrogen-bond donors (Lipinski definition) is 4. The van der Waals surface area contributed by atoms with Crippen LogP contribution in [0.1, 0.15) is 17.4 Å². The molecule has 0 bridgehead atoms. The number of rotatable bonds is 13. The van der Waals surface area contributed by atoms with Gasteiger partial charge in [-0.05, 0) is 6.92 Å². The fraction of sp³-hybridized carbons (Fsp3) is 0.615. The lowest BCUT2D eigenvalue weighted by Crippen LogP contribution is -2.51. The summed E-state index contributed by atoms with van der Waals surface area (Å²) in [6.45, 7) is 0.364. The molecule has 1 aromatic rings. The van der Waals surface area contributed by atoms with Gasteiger partial charge in [-0.15, -0.1) is 0 Å². The van der Waals surface area contributed by atoms with Crippen LogP contribution in [0.5, 0.6) is 0 Å². The second kappa shape index (κ2) is 10.4. The van der Waals surface area contributed by atoms with Gasteiger partial charge in [-0.2, -0.15) is 5.10 Å². The van der Waals surface area contributed by atoms with Crippen molar-refractivity contribution in [2.75, 3.05) is 26.1 Å². The number of aliphatic hydroxyl groups is 2. The van der Waals surface area contributed by atoms with Crippen molar-refractivity contribution in [1.29, 1.82) is 0 Å². The first-order valence-corrected chi connectivity index (χ1v) is 10.3. The molecule has 0 saturated heterocycles. The summed E-state index contributed by atoms with van der Waals surface area (Å²) in [4.78, 5) is 21.3. The normalized spacial score (nSPS) is 18.1. The highest BCUT2D eigenvalue weighted by Crippen LogP contribution is 2.39. The van der Waals surface area contributed by atoms with E-state index in [0.717, 1.165) is 25.8 Å². The van der Waals surface area contributed by atoms with Crippen LogP contribution in [0.25, 0.3) is 0 Å². The monoisotopic (exact) mass is 444 g/mol. The van der Waals surface area contributed by atoms with Crippen molar-refractivity contribution in [3.63, 3.8) is 0 Å². The summed E-state index contributed by atoms with van der Waals surface area (Å²) in [6.07, 6.45) is -2.43. The lowest BCUT2D eigenvalue weighted by molar-refractivity contribution is -0.180. The smallest absolute Gasteiger partial charge is 0.385 e. The van der Waals surface area contributed by atoms with Crippen LogP contribution in [0.3, 0.4) is 0 Å². The first-order valence-electron chi connectivity index (χ1n) is 7.68. The highest BCUT2D eigenvalue weighted by molar-refractivity contribution is 8.11. The van der Waals surface area contributed by atoms with Gasteiger partial charge >= 0.3 is 7.75 Å². The molecule has 1 rings (SSSR count). The maximum Gasteiger partial charge on any atom is 0.402 e. The lowest BCUT2D eigenvalue weighted by Gasteiger charge is -2.34. The Morgan fingerprint density at radius 2 is 2.21 bits per heavy atom. The van der Waals surface area contributed by atoms with Crippen LogP contribution in [-0.2, 0) is 28.9 Å². The molecule has 160 valence electrons. The van der Waals surface area contributed by atoms with Gasteiger partial charge < -0.3 is 20.7 Å². The van der Waals surface area contributed by atoms with Crippen LogP contribution < -0.4 is 11.2 Å². The minimum Gasteiger partial charge on any atom is -0.385 e. The predicted molar refractivity (Wildman–Crippen MR) is 96.3 cm³/mol. The number of aliphatic hydroxyl groups excluding tert-OH is 1. The number of thioether (sulfide) groups is 1. The van der Waals surface area contributed by atoms with E-state index < -0.39 is 49.7 Å². The molecule has 0 saturated carbocycles. The van der Waals surface area contributed by atoms with Gasteiger partial charge in [0, 0.05) is 12.9 Å². The second-order valence-corrected chi connectivity index (χ2v) is 8.11. The maximum absolute atomic E-state index is 13.7. The third-order valence-electron chi connectivity index (χ3n) is 3.54. The molecule has 6 N–H and O–H groups in total. The summed E-state index contributed by atoms with van der Waals surface area (Å²) in [5.74, 6) is -2.06. The van der Waals surface area contributed by atoms with Crippen molar-refractivity contribution < 1.29 is 42.5 Å². The zero-order valence-electron chi connectivity index (χ0n) is 15.1. The molecule has 28 heavy (non-hydrogen) atoms. The van der Waals surface area contributed by atoms with Crippen molar-refractivity contribution in [3.8, 4) is 0 Å². The molecule has 0 fully saturated rings. The van der Waals surface area contributed by atoms with Gasteiger partial charge in [0.05, 0.1) is 19.4 Å². The van der Waals surface area contributed by atoms with Crippen molar-refractivity contribution in [1.82, 2.24) is 9.78 Å². The Morgan fingerprint density at radius 3 is 2.71 bits per heavy atom. The molecular formula is C13H22FN4O8PS. The van der Waals surface area contributed by atoms with E-state index in [2.05, 4.69) is 5.10 Å². The number of methoxy groups -OCH3 is 1. The number of nitrogens with zero attached hydrogens (tertiary/aromatic N) is 2. The van der Waals surface area contributed by atoms with Gasteiger partial charge in [-0.3, -0.25) is 18.6 Å². The summed E-state index contributed by atoms with van der Waals surface area (Å²) >= 11 is 0.880. The maximum atomic E-state index is 13.7. The van der Waals surface area contributed by atoms with Crippen LogP contribution in [-0.4, -0.2) is 69.8 Å². The summed E-state index contributed by atoms with van der Waals surface area (Å²) < 4.78 is 41.0. The van der Waals surface area contributed by atoms with Gasteiger partial charge in [0.15, 0.2) is 22.9 Å². The first-order chi connectivity index (χ1) is 13.0. The molecule has 15 heteroatoms. The number of ether oxygens (including phenoxy) is 1. The number of hydrogen-bond acceptors (Lipinski definition) is 10. The average molecular weight is 444 g/mol. The van der Waals surface area contributed by atoms with E-state index in [0.29, 0.717) is 16.5 Å². The summed E-state index contributed by atoms with van der Waals surface area (Å²) in [5.41, 5.74) is 7.92. The van der Waals surface area contributed by atoms with Crippen molar-refractivity contribution in [2.24, 2.45) is 11.2 Å². The zero-order chi connectivity index (χ0) is 21.5. The lowest BCUT2D eigenvalue weighted by atomic mass is 10.0. The van der Waals surface area contributed by atoms with Crippen LogP contribution in [0.4, 0.5) is 4.39 Å². The number of amides is 1. The fourth-order valence-corrected chi connectivity index (χ4v) is 3.18. The van der Waals surface area contributed by atoms with E-state index in [1.54, 1.807) is 0 Å². The number of nitrogens with two attached hydrogens (primary N) is 2. The molecule has 4 atom stereocenters. The SMILES string of the molecule is COC(COP(N)(=O)OCCSC=O)[C@H](O)C(C)(O)n1cc(F)c(C(N)=O)n1. The Morgan fingerprint density at radius 1 is 1.57 bits per heavy atom. The van der Waals surface area contributed by atoms with Crippen molar-refractivity contribution in [3.05, 3.63) is 17.7 Å². The molecule has 0 radical (unpaired) electrons. The number of carbonyl (C=O) groups is 2. The standard InChI is InChI=1S/C13H22FN4O8PS/c1-13(22,18-5-8(14)10(17-18)12(15)21)11(20)9(24-2)6-26-27(16,23)25-3-4-28-7-19/h5,7,9,11,20,22H,3-4,6H2,1-2H3,(H2,15,21)(H2,16,23)/t9?,11-,13?,27?/m0/s1. The summed E-state index contributed by atoms with van der Waals surface area (Å²) in [7, 11) is -2.86. The number of primary amides is 1. The van der Waals surface area contributed by atoms with Crippen molar-refractivity contribution >= 4 is 31.0 Å². The molecule has 0 aliphatic carbocycles. The highest BCUT2D eigenvalue weighted by Gasteiger charge is 2.41. The van der Waals surface area contributed by atoms with Gasteiger partial charge in [-0.1, -0.05) is 11.8 Å². The predicted octanol–water partition coefficient (Wildman–Crippen LogP) is -0.815. The molecular weight excluding hydrogens is 422 g/mol. The van der Waals surface area contributed by atoms with Crippen LogP contribution in [0, 0.1) is 5.82 Å². The van der Waals surface area contributed by atoms with E-state index >= 15 is 0 Å². The summed E-state index contributed by atoms with van der Waals surface area (Å²) in [5, 5.41) is 24.4. The molecule has 0 aliphatic heterocycles. The fourth-order valence-electron chi connectivity index (χ4n) is 2.00. The largest absolute Gasteiger partial charge is 0.402 e. The molecule has 1 heterocycles. The third-order valence-corrected chi connectivity index (χ3v) is 5.13. The van der Waals surface area contributed by atoms with E-state index in [9.17, 15) is 28.8 Å².